The summed E-state index contributed by atoms with van der Waals surface area (Å²) in [5, 5.41) is 7.31. The van der Waals surface area contributed by atoms with Crippen LogP contribution in [0.4, 0.5) is 0 Å². The summed E-state index contributed by atoms with van der Waals surface area (Å²) in [7, 11) is 0. The van der Waals surface area contributed by atoms with Crippen molar-refractivity contribution in [1.29, 1.82) is 0 Å². The van der Waals surface area contributed by atoms with Gasteiger partial charge in [-0.05, 0) is 25.8 Å². The first-order chi connectivity index (χ1) is 8.18. The Kier molecular flexibility index (Phi) is 3.78. The van der Waals surface area contributed by atoms with Crippen LogP contribution in [0.3, 0.4) is 0 Å². The van der Waals surface area contributed by atoms with Crippen LogP contribution in [0.25, 0.3) is 0 Å². The Morgan fingerprint density at radius 3 is 2.94 bits per heavy atom. The van der Waals surface area contributed by atoms with E-state index in [2.05, 4.69) is 10.4 Å². The van der Waals surface area contributed by atoms with E-state index in [4.69, 9.17) is 5.73 Å². The first-order valence-electron chi connectivity index (χ1n) is 6.23. The lowest BCUT2D eigenvalue weighted by Gasteiger charge is -2.32. The second kappa shape index (κ2) is 5.31. The number of rotatable bonds is 3. The summed E-state index contributed by atoms with van der Waals surface area (Å²) < 4.78 is 1.95. The molecule has 3 atom stereocenters. The van der Waals surface area contributed by atoms with Crippen molar-refractivity contribution in [3.63, 3.8) is 0 Å². The Hall–Kier alpha value is -1.36. The number of carbonyl (C=O) groups excluding carboxylic acids is 1. The Morgan fingerprint density at radius 2 is 2.29 bits per heavy atom. The van der Waals surface area contributed by atoms with E-state index in [1.54, 1.807) is 13.1 Å². The molecule has 1 aliphatic carbocycles. The van der Waals surface area contributed by atoms with Gasteiger partial charge in [0, 0.05) is 12.4 Å². The second-order valence-corrected chi connectivity index (χ2v) is 4.74. The molecule has 94 valence electrons. The molecule has 2 unspecified atom stereocenters. The molecule has 0 spiro atoms. The smallest absolute Gasteiger partial charge is 0.236 e. The monoisotopic (exact) mass is 236 g/mol. The number of amides is 1. The summed E-state index contributed by atoms with van der Waals surface area (Å²) in [5.74, 6) is -0.0749. The number of nitrogens with two attached hydrogens (primary N) is 1. The minimum atomic E-state index is -0.449. The average Bonchev–Trinajstić information content (AvgIpc) is 2.83. The molecule has 5 heteroatoms. The maximum absolute atomic E-state index is 11.7. The maximum atomic E-state index is 11.7. The molecule has 1 fully saturated rings. The standard InChI is InChI=1S/C12H20N4O/c1-9(13)12(17)15-10-5-2-3-6-11(10)16-8-4-7-14-16/h4,7-11H,2-3,5-6,13H2,1H3,(H,15,17)/t9-,10?,11?/m1/s1. The van der Waals surface area contributed by atoms with Crippen molar-refractivity contribution in [2.45, 2.75) is 50.7 Å². The summed E-state index contributed by atoms with van der Waals surface area (Å²) in [5.41, 5.74) is 5.58. The van der Waals surface area contributed by atoms with Crippen LogP contribution < -0.4 is 11.1 Å². The van der Waals surface area contributed by atoms with Crippen LogP contribution in [-0.4, -0.2) is 27.8 Å². The predicted octanol–water partition coefficient (Wildman–Crippen LogP) is 0.830. The van der Waals surface area contributed by atoms with Crippen molar-refractivity contribution >= 4 is 5.91 Å². The predicted molar refractivity (Wildman–Crippen MR) is 65.3 cm³/mol. The number of aromatic nitrogens is 2. The molecule has 0 aromatic carbocycles. The van der Waals surface area contributed by atoms with Crippen LogP contribution in [0, 0.1) is 0 Å². The minimum Gasteiger partial charge on any atom is -0.350 e. The third-order valence-corrected chi connectivity index (χ3v) is 3.34. The second-order valence-electron chi connectivity index (χ2n) is 4.74. The van der Waals surface area contributed by atoms with Gasteiger partial charge in [0.25, 0.3) is 0 Å². The molecule has 0 radical (unpaired) electrons. The number of carbonyl (C=O) groups is 1. The zero-order valence-electron chi connectivity index (χ0n) is 10.2. The first kappa shape index (κ1) is 12.1. The number of nitrogens with one attached hydrogen (secondary N) is 1. The number of hydrogen-bond donors (Lipinski definition) is 2. The van der Waals surface area contributed by atoms with E-state index in [0.29, 0.717) is 0 Å². The molecule has 5 nitrogen and oxygen atoms in total. The zero-order chi connectivity index (χ0) is 12.3. The fraction of sp³-hybridized carbons (Fsp3) is 0.667. The molecular formula is C12H20N4O. The summed E-state index contributed by atoms with van der Waals surface area (Å²) in [6.07, 6.45) is 8.14. The van der Waals surface area contributed by atoms with Crippen LogP contribution >= 0.6 is 0 Å². The molecular weight excluding hydrogens is 216 g/mol. The van der Waals surface area contributed by atoms with E-state index in [1.165, 1.54) is 6.42 Å². The number of nitrogens with zero attached hydrogens (tertiary/aromatic N) is 2. The molecule has 1 aromatic rings. The molecule has 1 aliphatic rings. The largest absolute Gasteiger partial charge is 0.350 e. The van der Waals surface area contributed by atoms with Gasteiger partial charge >= 0.3 is 0 Å². The fourth-order valence-corrected chi connectivity index (χ4v) is 2.39. The summed E-state index contributed by atoms with van der Waals surface area (Å²) in [6, 6.07) is 1.89. The Labute approximate surface area is 101 Å². The Bertz CT molecular complexity index is 361. The quantitative estimate of drug-likeness (QED) is 0.816. The van der Waals surface area contributed by atoms with Gasteiger partial charge in [0.15, 0.2) is 0 Å². The van der Waals surface area contributed by atoms with Crippen molar-refractivity contribution in [1.82, 2.24) is 15.1 Å². The lowest BCUT2D eigenvalue weighted by Crippen LogP contribution is -2.48. The topological polar surface area (TPSA) is 72.9 Å². The summed E-state index contributed by atoms with van der Waals surface area (Å²) in [4.78, 5) is 11.7. The van der Waals surface area contributed by atoms with Gasteiger partial charge in [0.2, 0.25) is 5.91 Å². The Balaban J connectivity index is 2.05. The van der Waals surface area contributed by atoms with Crippen molar-refractivity contribution in [3.8, 4) is 0 Å². The van der Waals surface area contributed by atoms with Gasteiger partial charge in [-0.15, -0.1) is 0 Å². The van der Waals surface area contributed by atoms with Crippen LogP contribution in [0.15, 0.2) is 18.5 Å². The van der Waals surface area contributed by atoms with Crippen molar-refractivity contribution < 1.29 is 4.79 Å². The van der Waals surface area contributed by atoms with Gasteiger partial charge in [0.05, 0.1) is 18.1 Å². The van der Waals surface area contributed by atoms with Crippen LogP contribution in [0.2, 0.25) is 0 Å². The lowest BCUT2D eigenvalue weighted by atomic mass is 9.90. The normalized spacial score (nSPS) is 26.5. The van der Waals surface area contributed by atoms with Gasteiger partial charge in [0.1, 0.15) is 0 Å². The molecule has 1 aromatic heterocycles. The minimum absolute atomic E-state index is 0.0749. The molecule has 0 bridgehead atoms. The third-order valence-electron chi connectivity index (χ3n) is 3.34. The molecule has 1 amide bonds. The van der Waals surface area contributed by atoms with E-state index in [-0.39, 0.29) is 18.0 Å². The highest BCUT2D eigenvalue weighted by atomic mass is 16.2. The SMILES string of the molecule is C[C@@H](N)C(=O)NC1CCCCC1n1cccn1. The van der Waals surface area contributed by atoms with Crippen molar-refractivity contribution in [2.75, 3.05) is 0 Å². The van der Waals surface area contributed by atoms with E-state index in [1.807, 2.05) is 16.9 Å². The van der Waals surface area contributed by atoms with E-state index < -0.39 is 6.04 Å². The van der Waals surface area contributed by atoms with Crippen LogP contribution in [0.5, 0.6) is 0 Å². The highest BCUT2D eigenvalue weighted by molar-refractivity contribution is 5.81. The van der Waals surface area contributed by atoms with Crippen molar-refractivity contribution in [3.05, 3.63) is 18.5 Å². The highest BCUT2D eigenvalue weighted by Crippen LogP contribution is 2.27. The molecule has 17 heavy (non-hydrogen) atoms. The van der Waals surface area contributed by atoms with Gasteiger partial charge in [-0.3, -0.25) is 9.48 Å². The molecule has 2 rings (SSSR count). The lowest BCUT2D eigenvalue weighted by molar-refractivity contribution is -0.123. The van der Waals surface area contributed by atoms with Gasteiger partial charge in [-0.25, -0.2) is 0 Å². The van der Waals surface area contributed by atoms with Crippen molar-refractivity contribution in [2.24, 2.45) is 5.73 Å². The van der Waals surface area contributed by atoms with Gasteiger partial charge in [-0.1, -0.05) is 12.8 Å². The molecule has 3 N–H and O–H groups in total. The molecule has 1 heterocycles. The van der Waals surface area contributed by atoms with E-state index >= 15 is 0 Å². The molecule has 0 aliphatic heterocycles. The average molecular weight is 236 g/mol. The third kappa shape index (κ3) is 2.85. The number of hydrogen-bond acceptors (Lipinski definition) is 3. The summed E-state index contributed by atoms with van der Waals surface area (Å²) in [6.45, 7) is 1.71. The van der Waals surface area contributed by atoms with Gasteiger partial charge in [-0.2, -0.15) is 5.10 Å². The first-order valence-corrected chi connectivity index (χ1v) is 6.23. The maximum Gasteiger partial charge on any atom is 0.236 e. The highest BCUT2D eigenvalue weighted by Gasteiger charge is 2.28. The Morgan fingerprint density at radius 1 is 1.53 bits per heavy atom. The van der Waals surface area contributed by atoms with E-state index in [0.717, 1.165) is 19.3 Å². The van der Waals surface area contributed by atoms with E-state index in [9.17, 15) is 4.79 Å². The van der Waals surface area contributed by atoms with Crippen LogP contribution in [0.1, 0.15) is 38.6 Å². The summed E-state index contributed by atoms with van der Waals surface area (Å²) >= 11 is 0. The zero-order valence-corrected chi connectivity index (χ0v) is 10.2. The molecule has 0 saturated heterocycles. The fourth-order valence-electron chi connectivity index (χ4n) is 2.39. The molecule has 1 saturated carbocycles. The van der Waals surface area contributed by atoms with Crippen LogP contribution in [-0.2, 0) is 4.79 Å². The van der Waals surface area contributed by atoms with Gasteiger partial charge < -0.3 is 11.1 Å².